The van der Waals surface area contributed by atoms with Crippen LogP contribution in [0.15, 0.2) is 29.2 Å². The number of rotatable bonds is 4. The lowest BCUT2D eigenvalue weighted by atomic mass is 9.93. The van der Waals surface area contributed by atoms with Crippen molar-refractivity contribution in [2.24, 2.45) is 0 Å². The molecule has 1 amide bonds. The van der Waals surface area contributed by atoms with Crippen molar-refractivity contribution < 1.29 is 9.18 Å². The summed E-state index contributed by atoms with van der Waals surface area (Å²) in [5, 5.41) is 8.00. The average Bonchev–Trinajstić information content (AvgIpc) is 3.32. The van der Waals surface area contributed by atoms with E-state index in [-0.39, 0.29) is 35.2 Å². The predicted molar refractivity (Wildman–Crippen MR) is 118 cm³/mol. The second kappa shape index (κ2) is 7.52. The van der Waals surface area contributed by atoms with E-state index < -0.39 is 5.82 Å². The third kappa shape index (κ3) is 3.95. The molecule has 0 unspecified atom stereocenters. The van der Waals surface area contributed by atoms with Crippen LogP contribution in [-0.4, -0.2) is 30.1 Å². The smallest absolute Gasteiger partial charge is 0.294 e. The van der Waals surface area contributed by atoms with Crippen molar-refractivity contribution >= 4 is 39.1 Å². The Morgan fingerprint density at radius 1 is 1.29 bits per heavy atom. The number of hydrogen-bond donors (Lipinski definition) is 1. The predicted octanol–water partition coefficient (Wildman–Crippen LogP) is 3.70. The molecule has 0 aliphatic heterocycles. The number of hydrogen-bond acceptors (Lipinski definition) is 6. The maximum absolute atomic E-state index is 13.1. The van der Waals surface area contributed by atoms with Crippen molar-refractivity contribution in [2.45, 2.75) is 52.5 Å². The van der Waals surface area contributed by atoms with Crippen LogP contribution in [0.3, 0.4) is 0 Å². The fraction of sp³-hybridized carbons (Fsp3) is 0.381. The molecule has 0 atom stereocenters. The minimum atomic E-state index is -0.487. The van der Waals surface area contributed by atoms with Crippen molar-refractivity contribution in [1.29, 1.82) is 0 Å². The first-order valence-electron chi connectivity index (χ1n) is 9.89. The molecule has 0 aliphatic rings. The quantitative estimate of drug-likeness (QED) is 0.520. The van der Waals surface area contributed by atoms with E-state index in [1.165, 1.54) is 28.0 Å². The van der Waals surface area contributed by atoms with Gasteiger partial charge in [-0.2, -0.15) is 9.61 Å². The highest BCUT2D eigenvalue weighted by molar-refractivity contribution is 7.18. The van der Waals surface area contributed by atoms with Gasteiger partial charge in [0.2, 0.25) is 5.91 Å². The monoisotopic (exact) mass is 442 g/mol. The van der Waals surface area contributed by atoms with Crippen molar-refractivity contribution in [3.63, 3.8) is 0 Å². The van der Waals surface area contributed by atoms with Crippen LogP contribution >= 0.6 is 11.3 Å². The van der Waals surface area contributed by atoms with Crippen molar-refractivity contribution in [1.82, 2.24) is 24.1 Å². The second-order valence-electron chi connectivity index (χ2n) is 8.71. The molecular formula is C21H23FN6O2S. The summed E-state index contributed by atoms with van der Waals surface area (Å²) >= 11 is 1.32. The van der Waals surface area contributed by atoms with Gasteiger partial charge in [0.25, 0.3) is 5.56 Å². The van der Waals surface area contributed by atoms with Crippen LogP contribution in [0.4, 0.5) is 10.2 Å². The van der Waals surface area contributed by atoms with E-state index in [1.54, 1.807) is 4.57 Å². The Balaban J connectivity index is 1.86. The first kappa shape index (κ1) is 21.1. The number of amides is 1. The Labute approximate surface area is 181 Å². The Morgan fingerprint density at radius 3 is 2.65 bits per heavy atom. The van der Waals surface area contributed by atoms with Crippen LogP contribution in [0, 0.1) is 5.82 Å². The molecule has 4 aromatic heterocycles. The second-order valence-corrected chi connectivity index (χ2v) is 9.74. The summed E-state index contributed by atoms with van der Waals surface area (Å²) in [7, 11) is 0. The lowest BCUT2D eigenvalue weighted by molar-refractivity contribution is -0.116. The molecule has 31 heavy (non-hydrogen) atoms. The molecule has 4 rings (SSSR count). The van der Waals surface area contributed by atoms with E-state index in [0.717, 1.165) is 16.9 Å². The molecule has 162 valence electrons. The van der Waals surface area contributed by atoms with Gasteiger partial charge in [-0.05, 0) is 12.1 Å². The molecule has 0 saturated carbocycles. The van der Waals surface area contributed by atoms with Gasteiger partial charge in [-0.15, -0.1) is 11.3 Å². The molecular weight excluding hydrogens is 419 g/mol. The van der Waals surface area contributed by atoms with E-state index in [0.29, 0.717) is 16.0 Å². The first-order valence-corrected chi connectivity index (χ1v) is 10.7. The minimum absolute atomic E-state index is 0.101. The highest BCUT2D eigenvalue weighted by Gasteiger charge is 2.24. The number of pyridine rings is 1. The number of thiazole rings is 1. The lowest BCUT2D eigenvalue weighted by Crippen LogP contribution is -2.24. The van der Waals surface area contributed by atoms with Gasteiger partial charge in [0.05, 0.1) is 16.9 Å². The lowest BCUT2D eigenvalue weighted by Gasteiger charge is -2.13. The third-order valence-corrected chi connectivity index (χ3v) is 6.13. The summed E-state index contributed by atoms with van der Waals surface area (Å²) in [4.78, 5) is 34.4. The van der Waals surface area contributed by atoms with Crippen LogP contribution in [-0.2, 0) is 16.8 Å². The SMILES string of the molecule is CC(C)c1nc2c(s1)c(=O)n1nc(C(C)(C)C)cc1n2CC(=O)Nc1ccc(F)cn1. The Morgan fingerprint density at radius 2 is 2.03 bits per heavy atom. The van der Waals surface area contributed by atoms with Gasteiger partial charge in [-0.1, -0.05) is 34.6 Å². The van der Waals surface area contributed by atoms with Crippen molar-refractivity contribution in [3.8, 4) is 0 Å². The summed E-state index contributed by atoms with van der Waals surface area (Å²) in [6.07, 6.45) is 1.04. The molecule has 0 spiro atoms. The van der Waals surface area contributed by atoms with Crippen LogP contribution in [0.5, 0.6) is 0 Å². The third-order valence-electron chi connectivity index (χ3n) is 4.79. The van der Waals surface area contributed by atoms with Gasteiger partial charge in [0.1, 0.15) is 28.5 Å². The summed E-state index contributed by atoms with van der Waals surface area (Å²) in [5.74, 6) is -0.479. The molecule has 0 fully saturated rings. The number of nitrogens with one attached hydrogen (secondary N) is 1. The molecule has 4 heterocycles. The molecule has 0 aliphatic carbocycles. The number of aromatic nitrogens is 5. The van der Waals surface area contributed by atoms with Crippen LogP contribution < -0.4 is 10.9 Å². The summed E-state index contributed by atoms with van der Waals surface area (Å²) in [6.45, 7) is 9.93. The largest absolute Gasteiger partial charge is 0.309 e. The van der Waals surface area contributed by atoms with Gasteiger partial charge in [0.15, 0.2) is 5.65 Å². The van der Waals surface area contributed by atoms with E-state index in [9.17, 15) is 14.0 Å². The first-order chi connectivity index (χ1) is 14.5. The standard InChI is InChI=1S/C21H23FN6O2S/c1-11(2)19-25-18-17(31-19)20(30)28-16(8-13(26-28)21(3,4)5)27(18)10-15(29)24-14-7-6-12(22)9-23-14/h6-9,11H,10H2,1-5H3,(H,23,24,29). The van der Waals surface area contributed by atoms with Gasteiger partial charge in [0, 0.05) is 17.4 Å². The highest BCUT2D eigenvalue weighted by atomic mass is 32.1. The Kier molecular flexibility index (Phi) is 5.12. The van der Waals surface area contributed by atoms with Crippen LogP contribution in [0.25, 0.3) is 16.0 Å². The van der Waals surface area contributed by atoms with Crippen molar-refractivity contribution in [3.05, 3.63) is 51.3 Å². The van der Waals surface area contributed by atoms with Gasteiger partial charge < -0.3 is 5.32 Å². The zero-order valence-corrected chi connectivity index (χ0v) is 18.7. The fourth-order valence-electron chi connectivity index (χ4n) is 3.11. The summed E-state index contributed by atoms with van der Waals surface area (Å²) < 4.78 is 16.6. The van der Waals surface area contributed by atoms with Gasteiger partial charge in [-0.25, -0.2) is 14.4 Å². The zero-order valence-electron chi connectivity index (χ0n) is 17.9. The zero-order chi connectivity index (χ0) is 22.5. The number of carbonyl (C=O) groups is 1. The molecule has 0 bridgehead atoms. The number of fused-ring (bicyclic) bond motifs is 2. The number of nitrogens with zero attached hydrogens (tertiary/aromatic N) is 5. The topological polar surface area (TPSA) is 94.2 Å². The van der Waals surface area contributed by atoms with Crippen molar-refractivity contribution in [2.75, 3.05) is 5.32 Å². The van der Waals surface area contributed by atoms with E-state index in [2.05, 4.69) is 20.4 Å². The molecule has 0 radical (unpaired) electrons. The number of anilines is 1. The van der Waals surface area contributed by atoms with Gasteiger partial charge in [-0.3, -0.25) is 14.2 Å². The maximum Gasteiger partial charge on any atom is 0.294 e. The fourth-order valence-corrected chi connectivity index (χ4v) is 4.11. The average molecular weight is 443 g/mol. The summed E-state index contributed by atoms with van der Waals surface area (Å²) in [5.41, 5.74) is 1.15. The number of carbonyl (C=O) groups excluding carboxylic acids is 1. The molecule has 10 heteroatoms. The Bertz CT molecular complexity index is 1340. The van der Waals surface area contributed by atoms with E-state index in [4.69, 9.17) is 0 Å². The maximum atomic E-state index is 13.1. The highest BCUT2D eigenvalue weighted by Crippen LogP contribution is 2.28. The molecule has 0 aromatic carbocycles. The summed E-state index contributed by atoms with van der Waals surface area (Å²) in [6, 6.07) is 4.43. The normalized spacial score (nSPS) is 12.2. The molecule has 4 aromatic rings. The molecule has 8 nitrogen and oxygen atoms in total. The van der Waals surface area contributed by atoms with E-state index in [1.807, 2.05) is 40.7 Å². The minimum Gasteiger partial charge on any atom is -0.309 e. The number of halogens is 1. The van der Waals surface area contributed by atoms with Crippen LogP contribution in [0.1, 0.15) is 51.2 Å². The van der Waals surface area contributed by atoms with E-state index >= 15 is 0 Å². The van der Waals surface area contributed by atoms with Gasteiger partial charge >= 0.3 is 0 Å². The molecule has 0 saturated heterocycles. The Hall–Kier alpha value is -3.14. The molecule has 1 N–H and O–H groups in total. The van der Waals surface area contributed by atoms with Crippen LogP contribution in [0.2, 0.25) is 0 Å².